The summed E-state index contributed by atoms with van der Waals surface area (Å²) in [4.78, 5) is 14.4. The van der Waals surface area contributed by atoms with Gasteiger partial charge in [0.25, 0.3) is 0 Å². The van der Waals surface area contributed by atoms with Gasteiger partial charge in [0, 0.05) is 11.0 Å². The summed E-state index contributed by atoms with van der Waals surface area (Å²) in [5.41, 5.74) is 4.31. The molecule has 1 aliphatic rings. The van der Waals surface area contributed by atoms with Crippen molar-refractivity contribution >= 4 is 21.7 Å². The van der Waals surface area contributed by atoms with Gasteiger partial charge in [-0.1, -0.05) is 47.7 Å². The maximum Gasteiger partial charge on any atom is 0.216 e. The Hall–Kier alpha value is -3.62. The minimum Gasteiger partial charge on any atom is -0.451 e. The highest BCUT2D eigenvalue weighted by molar-refractivity contribution is 7.21. The number of hydrogen-bond acceptors (Lipinski definition) is 6. The Labute approximate surface area is 199 Å². The molecule has 0 unspecified atom stereocenters. The van der Waals surface area contributed by atoms with Crippen LogP contribution in [-0.2, 0) is 12.0 Å². The minimum atomic E-state index is -0.446. The Bertz CT molecular complexity index is 1480. The molecule has 1 saturated carbocycles. The third-order valence-electron chi connectivity index (χ3n) is 6.33. The second kappa shape index (κ2) is 8.30. The largest absolute Gasteiger partial charge is 0.451 e. The van der Waals surface area contributed by atoms with Crippen LogP contribution in [0.2, 0.25) is 0 Å². The molecule has 0 bridgehead atoms. The van der Waals surface area contributed by atoms with Crippen LogP contribution in [0.5, 0.6) is 5.88 Å². The quantitative estimate of drug-likeness (QED) is 0.332. The lowest BCUT2D eigenvalue weighted by molar-refractivity contribution is 0.0904. The van der Waals surface area contributed by atoms with Crippen molar-refractivity contribution in [3.8, 4) is 16.5 Å². The Morgan fingerprint density at radius 3 is 2.68 bits per heavy atom. The standard InChI is InChI=1S/C26H21FN4O2S/c27-20-12-17(14-31-15-28-13-23(31)33-16-32)6-7-19(20)24-29-21-8-9-22(30-25(21)34-24)26(10-11-26)18-4-2-1-3-5-18/h1-9,12-13,15,32H,10-11,14,16H2. The molecule has 0 amide bonds. The Morgan fingerprint density at radius 1 is 1.06 bits per heavy atom. The predicted molar refractivity (Wildman–Crippen MR) is 128 cm³/mol. The number of aliphatic hydroxyl groups excluding tert-OH is 1. The number of ether oxygens (including phenoxy) is 1. The summed E-state index contributed by atoms with van der Waals surface area (Å²) in [6.45, 7) is -0.0717. The molecule has 0 aliphatic heterocycles. The summed E-state index contributed by atoms with van der Waals surface area (Å²) in [5.74, 6) is 0.0773. The molecule has 0 saturated heterocycles. The van der Waals surface area contributed by atoms with E-state index in [9.17, 15) is 0 Å². The van der Waals surface area contributed by atoms with Crippen molar-refractivity contribution in [1.82, 2.24) is 19.5 Å². The summed E-state index contributed by atoms with van der Waals surface area (Å²) in [6.07, 6.45) is 5.25. The van der Waals surface area contributed by atoms with Gasteiger partial charge in [-0.05, 0) is 48.2 Å². The van der Waals surface area contributed by atoms with Gasteiger partial charge in [0.05, 0.1) is 24.8 Å². The van der Waals surface area contributed by atoms with E-state index in [1.54, 1.807) is 17.0 Å². The topological polar surface area (TPSA) is 73.1 Å². The van der Waals surface area contributed by atoms with Crippen LogP contribution >= 0.6 is 11.3 Å². The molecule has 8 heteroatoms. The van der Waals surface area contributed by atoms with Crippen LogP contribution in [-0.4, -0.2) is 31.4 Å². The van der Waals surface area contributed by atoms with Crippen molar-refractivity contribution in [3.63, 3.8) is 0 Å². The summed E-state index contributed by atoms with van der Waals surface area (Å²) in [6, 6.07) is 19.7. The van der Waals surface area contributed by atoms with Crippen molar-refractivity contribution in [1.29, 1.82) is 0 Å². The summed E-state index contributed by atoms with van der Waals surface area (Å²) < 4.78 is 21.9. The van der Waals surface area contributed by atoms with E-state index in [4.69, 9.17) is 14.8 Å². The number of pyridine rings is 1. The fourth-order valence-corrected chi connectivity index (χ4v) is 5.38. The van der Waals surface area contributed by atoms with Crippen LogP contribution in [0.4, 0.5) is 4.39 Å². The van der Waals surface area contributed by atoms with Gasteiger partial charge < -0.3 is 9.84 Å². The molecule has 0 spiro atoms. The molecule has 34 heavy (non-hydrogen) atoms. The van der Waals surface area contributed by atoms with Crippen LogP contribution < -0.4 is 4.74 Å². The van der Waals surface area contributed by atoms with E-state index in [2.05, 4.69) is 40.3 Å². The fraction of sp³-hybridized carbons (Fsp3) is 0.192. The Kier molecular flexibility index (Phi) is 5.12. The molecule has 0 radical (unpaired) electrons. The average Bonchev–Trinajstić information content (AvgIpc) is 3.38. The van der Waals surface area contributed by atoms with Gasteiger partial charge >= 0.3 is 0 Å². The highest BCUT2D eigenvalue weighted by atomic mass is 32.1. The predicted octanol–water partition coefficient (Wildman–Crippen LogP) is 5.15. The number of aliphatic hydroxyl groups is 1. The van der Waals surface area contributed by atoms with Crippen molar-refractivity contribution in [3.05, 3.63) is 95.8 Å². The molecular formula is C26H21FN4O2S. The molecule has 1 aliphatic carbocycles. The third kappa shape index (κ3) is 3.65. The van der Waals surface area contributed by atoms with E-state index in [-0.39, 0.29) is 11.2 Å². The number of hydrogen-bond donors (Lipinski definition) is 1. The van der Waals surface area contributed by atoms with Gasteiger partial charge in [-0.15, -0.1) is 0 Å². The molecule has 6 rings (SSSR count). The summed E-state index contributed by atoms with van der Waals surface area (Å²) in [5, 5.41) is 9.60. The first-order valence-corrected chi connectivity index (χ1v) is 11.8. The van der Waals surface area contributed by atoms with Gasteiger partial charge in [-0.3, -0.25) is 4.57 Å². The molecule has 3 aromatic heterocycles. The van der Waals surface area contributed by atoms with Gasteiger partial charge in [0.15, 0.2) is 6.79 Å². The molecule has 0 atom stereocenters. The van der Waals surface area contributed by atoms with Crippen LogP contribution in [0.15, 0.2) is 73.2 Å². The van der Waals surface area contributed by atoms with Gasteiger partial charge in [0.1, 0.15) is 21.2 Å². The molecule has 2 aromatic carbocycles. The zero-order valence-corrected chi connectivity index (χ0v) is 19.0. The first-order chi connectivity index (χ1) is 16.7. The molecular weight excluding hydrogens is 451 g/mol. The van der Waals surface area contributed by atoms with Crippen LogP contribution in [0.1, 0.15) is 29.7 Å². The number of benzene rings is 2. The Morgan fingerprint density at radius 2 is 1.91 bits per heavy atom. The van der Waals surface area contributed by atoms with Crippen molar-refractivity contribution < 1.29 is 14.2 Å². The zero-order chi connectivity index (χ0) is 23.1. The van der Waals surface area contributed by atoms with Gasteiger partial charge in [-0.2, -0.15) is 0 Å². The van der Waals surface area contributed by atoms with Crippen LogP contribution in [0.3, 0.4) is 0 Å². The molecule has 6 nitrogen and oxygen atoms in total. The first kappa shape index (κ1) is 20.9. The summed E-state index contributed by atoms with van der Waals surface area (Å²) >= 11 is 1.41. The zero-order valence-electron chi connectivity index (χ0n) is 18.2. The maximum absolute atomic E-state index is 15.1. The van der Waals surface area contributed by atoms with Crippen LogP contribution in [0.25, 0.3) is 20.9 Å². The van der Waals surface area contributed by atoms with E-state index in [0.717, 1.165) is 34.4 Å². The first-order valence-electron chi connectivity index (χ1n) is 11.0. The second-order valence-electron chi connectivity index (χ2n) is 8.44. The van der Waals surface area contributed by atoms with Gasteiger partial charge in [0.2, 0.25) is 5.88 Å². The highest BCUT2D eigenvalue weighted by Gasteiger charge is 2.47. The van der Waals surface area contributed by atoms with E-state index < -0.39 is 6.79 Å². The lowest BCUT2D eigenvalue weighted by atomic mass is 9.92. The molecule has 170 valence electrons. The highest BCUT2D eigenvalue weighted by Crippen LogP contribution is 2.53. The number of halogens is 1. The Balaban J connectivity index is 1.29. The van der Waals surface area contributed by atoms with Crippen molar-refractivity contribution in [2.45, 2.75) is 24.8 Å². The second-order valence-corrected chi connectivity index (χ2v) is 9.41. The lowest BCUT2D eigenvalue weighted by Crippen LogP contribution is -2.10. The SMILES string of the molecule is OCOc1cncn1Cc1ccc(-c2nc3ccc(C4(c5ccccc5)CC4)nc3s2)c(F)c1. The maximum atomic E-state index is 15.1. The fourth-order valence-electron chi connectivity index (χ4n) is 4.41. The number of nitrogens with zero attached hydrogens (tertiary/aromatic N) is 4. The molecule has 5 aromatic rings. The van der Waals surface area contributed by atoms with Gasteiger partial charge in [-0.25, -0.2) is 19.3 Å². The molecule has 1 fully saturated rings. The van der Waals surface area contributed by atoms with Crippen molar-refractivity contribution in [2.24, 2.45) is 0 Å². The number of fused-ring (bicyclic) bond motifs is 1. The number of thiazole rings is 1. The van der Waals surface area contributed by atoms with E-state index in [1.165, 1.54) is 29.2 Å². The van der Waals surface area contributed by atoms with E-state index in [1.807, 2.05) is 18.2 Å². The number of aromatic nitrogens is 4. The normalized spacial score (nSPS) is 14.4. The van der Waals surface area contributed by atoms with Crippen molar-refractivity contribution in [2.75, 3.05) is 6.79 Å². The average molecular weight is 473 g/mol. The number of imidazole rings is 1. The molecule has 1 N–H and O–H groups in total. The molecule has 3 heterocycles. The number of rotatable bonds is 7. The third-order valence-corrected chi connectivity index (χ3v) is 7.32. The minimum absolute atomic E-state index is 0.0155. The monoisotopic (exact) mass is 472 g/mol. The van der Waals surface area contributed by atoms with Crippen LogP contribution in [0, 0.1) is 5.82 Å². The smallest absolute Gasteiger partial charge is 0.216 e. The van der Waals surface area contributed by atoms with E-state index in [0.29, 0.717) is 23.0 Å². The summed E-state index contributed by atoms with van der Waals surface area (Å²) in [7, 11) is 0. The lowest BCUT2D eigenvalue weighted by Gasteiger charge is -2.14. The van der Waals surface area contributed by atoms with E-state index >= 15 is 4.39 Å².